The Kier molecular flexibility index (Phi) is 4.28. The predicted molar refractivity (Wildman–Crippen MR) is 54.7 cm³/mol. The first-order valence-electron chi connectivity index (χ1n) is 4.56. The first kappa shape index (κ1) is 12.0. The van der Waals surface area contributed by atoms with Gasteiger partial charge < -0.3 is 20.8 Å². The van der Waals surface area contributed by atoms with Crippen molar-refractivity contribution in [1.82, 2.24) is 10.6 Å². The molecule has 8 heteroatoms. The fourth-order valence-corrected chi connectivity index (χ4v) is 1.05. The third-order valence-corrected chi connectivity index (χ3v) is 1.73. The van der Waals surface area contributed by atoms with Gasteiger partial charge in [0.1, 0.15) is 10.7 Å². The summed E-state index contributed by atoms with van der Waals surface area (Å²) >= 11 is 0. The number of amides is 2. The maximum absolute atomic E-state index is 10.3. The summed E-state index contributed by atoms with van der Waals surface area (Å²) in [5.41, 5.74) is 4.85. The molecule has 1 rings (SSSR count). The Morgan fingerprint density at radius 2 is 2.25 bits per heavy atom. The number of furan rings is 1. The van der Waals surface area contributed by atoms with Gasteiger partial charge in [0, 0.05) is 13.1 Å². The average Bonchev–Trinajstić information content (AvgIpc) is 2.65. The highest BCUT2D eigenvalue weighted by molar-refractivity contribution is 5.71. The molecule has 1 aromatic rings. The fraction of sp³-hybridized carbons (Fsp3) is 0.375. The van der Waals surface area contributed by atoms with Crippen LogP contribution in [0.2, 0.25) is 0 Å². The Hall–Kier alpha value is -2.09. The Morgan fingerprint density at radius 3 is 2.81 bits per heavy atom. The molecule has 4 N–H and O–H groups in total. The molecule has 1 heterocycles. The Balaban J connectivity index is 2.21. The van der Waals surface area contributed by atoms with Gasteiger partial charge in [0.05, 0.1) is 12.6 Å². The number of urea groups is 1. The van der Waals surface area contributed by atoms with E-state index in [0.29, 0.717) is 25.4 Å². The van der Waals surface area contributed by atoms with Crippen molar-refractivity contribution in [3.05, 3.63) is 28.0 Å². The van der Waals surface area contributed by atoms with Crippen LogP contribution < -0.4 is 16.4 Å². The van der Waals surface area contributed by atoms with Crippen molar-refractivity contribution in [1.29, 1.82) is 0 Å². The minimum atomic E-state index is -0.599. The summed E-state index contributed by atoms with van der Waals surface area (Å²) in [5, 5.41) is 15.6. The molecule has 0 spiro atoms. The zero-order valence-corrected chi connectivity index (χ0v) is 8.43. The summed E-state index contributed by atoms with van der Waals surface area (Å²) in [6, 6.07) is 2.22. The largest absolute Gasteiger partial charge is 0.433 e. The van der Waals surface area contributed by atoms with Crippen LogP contribution in [0.15, 0.2) is 16.5 Å². The van der Waals surface area contributed by atoms with Gasteiger partial charge >= 0.3 is 11.9 Å². The second-order valence-electron chi connectivity index (χ2n) is 2.96. The molecule has 2 amide bonds. The highest BCUT2D eigenvalue weighted by Crippen LogP contribution is 2.14. The van der Waals surface area contributed by atoms with Gasteiger partial charge in [0.15, 0.2) is 0 Å². The average molecular weight is 228 g/mol. The van der Waals surface area contributed by atoms with E-state index in [0.717, 1.165) is 0 Å². The molecule has 0 aromatic carbocycles. The molecule has 0 aliphatic rings. The van der Waals surface area contributed by atoms with Crippen LogP contribution in [0.5, 0.6) is 0 Å². The van der Waals surface area contributed by atoms with Crippen molar-refractivity contribution in [2.24, 2.45) is 5.73 Å². The molecule has 1 aromatic heterocycles. The van der Waals surface area contributed by atoms with E-state index in [1.165, 1.54) is 12.1 Å². The van der Waals surface area contributed by atoms with Crippen LogP contribution in [-0.4, -0.2) is 24.0 Å². The van der Waals surface area contributed by atoms with E-state index in [9.17, 15) is 14.9 Å². The predicted octanol–water partition coefficient (Wildman–Crippen LogP) is -0.0543. The van der Waals surface area contributed by atoms with Crippen molar-refractivity contribution < 1.29 is 14.1 Å². The van der Waals surface area contributed by atoms with E-state index in [4.69, 9.17) is 10.2 Å². The molecule has 0 radical (unpaired) electrons. The Morgan fingerprint density at radius 1 is 1.50 bits per heavy atom. The standard InChI is InChI=1S/C8H12N4O4/c9-8(13)11-4-3-10-5-6-1-2-7(16-6)12(14)15/h1-2,10H,3-5H2,(H3,9,11,13). The molecular weight excluding hydrogens is 216 g/mol. The fourth-order valence-electron chi connectivity index (χ4n) is 1.05. The third kappa shape index (κ3) is 3.96. The number of primary amides is 1. The molecule has 0 saturated carbocycles. The summed E-state index contributed by atoms with van der Waals surface area (Å²) in [4.78, 5) is 20.0. The zero-order valence-electron chi connectivity index (χ0n) is 8.43. The number of hydrogen-bond donors (Lipinski definition) is 3. The van der Waals surface area contributed by atoms with E-state index in [2.05, 4.69) is 10.6 Å². The summed E-state index contributed by atoms with van der Waals surface area (Å²) in [6.45, 7) is 1.24. The number of rotatable bonds is 6. The maximum atomic E-state index is 10.3. The van der Waals surface area contributed by atoms with Gasteiger partial charge in [-0.05, 0) is 6.07 Å². The van der Waals surface area contributed by atoms with E-state index in [-0.39, 0.29) is 5.88 Å². The molecule has 0 bridgehead atoms. The minimum Gasteiger partial charge on any atom is -0.404 e. The highest BCUT2D eigenvalue weighted by Gasteiger charge is 2.10. The lowest BCUT2D eigenvalue weighted by Gasteiger charge is -2.02. The minimum absolute atomic E-state index is 0.285. The quantitative estimate of drug-likeness (QED) is 0.357. The van der Waals surface area contributed by atoms with Crippen molar-refractivity contribution in [3.8, 4) is 0 Å². The van der Waals surface area contributed by atoms with Gasteiger partial charge in [-0.2, -0.15) is 0 Å². The van der Waals surface area contributed by atoms with Crippen LogP contribution in [0.25, 0.3) is 0 Å². The third-order valence-electron chi connectivity index (χ3n) is 1.73. The first-order valence-corrected chi connectivity index (χ1v) is 4.56. The maximum Gasteiger partial charge on any atom is 0.433 e. The number of nitrogens with zero attached hydrogens (tertiary/aromatic N) is 1. The van der Waals surface area contributed by atoms with Crippen LogP contribution in [0.1, 0.15) is 5.76 Å². The van der Waals surface area contributed by atoms with Crippen LogP contribution in [-0.2, 0) is 6.54 Å². The topological polar surface area (TPSA) is 123 Å². The number of carbonyl (C=O) groups is 1. The lowest BCUT2D eigenvalue weighted by molar-refractivity contribution is -0.402. The molecule has 0 unspecified atom stereocenters. The van der Waals surface area contributed by atoms with Crippen molar-refractivity contribution in [3.63, 3.8) is 0 Å². The number of nitrogens with two attached hydrogens (primary N) is 1. The SMILES string of the molecule is NC(=O)NCCNCc1ccc([N+](=O)[O-])o1. The molecule has 0 fully saturated rings. The highest BCUT2D eigenvalue weighted by atomic mass is 16.6. The molecule has 16 heavy (non-hydrogen) atoms. The molecule has 0 saturated heterocycles. The van der Waals surface area contributed by atoms with Crippen molar-refractivity contribution in [2.75, 3.05) is 13.1 Å². The van der Waals surface area contributed by atoms with E-state index >= 15 is 0 Å². The molecule has 0 aliphatic carbocycles. The van der Waals surface area contributed by atoms with E-state index in [1.54, 1.807) is 0 Å². The smallest absolute Gasteiger partial charge is 0.404 e. The summed E-state index contributed by atoms with van der Waals surface area (Å²) < 4.78 is 4.90. The Bertz CT molecular complexity index is 376. The number of nitrogens with one attached hydrogen (secondary N) is 2. The molecular formula is C8H12N4O4. The van der Waals surface area contributed by atoms with Gasteiger partial charge in [-0.1, -0.05) is 0 Å². The summed E-state index contributed by atoms with van der Waals surface area (Å²) in [5.74, 6) is 0.179. The lowest BCUT2D eigenvalue weighted by Crippen LogP contribution is -2.35. The molecule has 88 valence electrons. The first-order chi connectivity index (χ1) is 7.59. The number of hydrogen-bond acceptors (Lipinski definition) is 5. The van der Waals surface area contributed by atoms with Crippen molar-refractivity contribution in [2.45, 2.75) is 6.54 Å². The van der Waals surface area contributed by atoms with Gasteiger partial charge in [0.25, 0.3) is 0 Å². The van der Waals surface area contributed by atoms with Gasteiger partial charge in [-0.15, -0.1) is 0 Å². The number of carbonyl (C=O) groups excluding carboxylic acids is 1. The lowest BCUT2D eigenvalue weighted by atomic mass is 10.4. The van der Waals surface area contributed by atoms with Crippen LogP contribution in [0, 0.1) is 10.1 Å². The van der Waals surface area contributed by atoms with Crippen LogP contribution >= 0.6 is 0 Å². The monoisotopic (exact) mass is 228 g/mol. The zero-order chi connectivity index (χ0) is 12.0. The van der Waals surface area contributed by atoms with Gasteiger partial charge in [-0.3, -0.25) is 10.1 Å². The van der Waals surface area contributed by atoms with Crippen molar-refractivity contribution >= 4 is 11.9 Å². The molecule has 8 nitrogen and oxygen atoms in total. The normalized spacial score (nSPS) is 10.0. The summed E-state index contributed by atoms with van der Waals surface area (Å²) in [7, 11) is 0. The van der Waals surface area contributed by atoms with Gasteiger partial charge in [-0.25, -0.2) is 4.79 Å². The van der Waals surface area contributed by atoms with Crippen LogP contribution in [0.3, 0.4) is 0 Å². The summed E-state index contributed by atoms with van der Waals surface area (Å²) in [6.07, 6.45) is 0. The second kappa shape index (κ2) is 5.71. The number of nitro groups is 1. The van der Waals surface area contributed by atoms with Gasteiger partial charge in [0.2, 0.25) is 0 Å². The van der Waals surface area contributed by atoms with E-state index < -0.39 is 11.0 Å². The molecule has 0 aliphatic heterocycles. The van der Waals surface area contributed by atoms with Crippen LogP contribution in [0.4, 0.5) is 10.7 Å². The molecule has 0 atom stereocenters. The second-order valence-corrected chi connectivity index (χ2v) is 2.96. The van der Waals surface area contributed by atoms with E-state index in [1.807, 2.05) is 0 Å². The Labute approximate surface area is 90.9 Å².